The number of carbonyl (C=O) groups is 2. The van der Waals surface area contributed by atoms with Crippen LogP contribution in [0.2, 0.25) is 5.02 Å². The molecule has 1 heterocycles. The van der Waals surface area contributed by atoms with Crippen molar-refractivity contribution < 1.29 is 9.59 Å². The number of nitrogens with one attached hydrogen (secondary N) is 2. The van der Waals surface area contributed by atoms with Gasteiger partial charge in [0.15, 0.2) is 11.0 Å². The molecule has 0 spiro atoms. The molecule has 0 radical (unpaired) electrons. The second-order valence-electron chi connectivity index (χ2n) is 7.19. The molecule has 1 aromatic heterocycles. The molecule has 0 bridgehead atoms. The Bertz CT molecular complexity index is 1100. The van der Waals surface area contributed by atoms with Crippen molar-refractivity contribution in [2.45, 2.75) is 32.0 Å². The number of hydrogen-bond donors (Lipinski definition) is 2. The molecule has 7 nitrogen and oxygen atoms in total. The van der Waals surface area contributed by atoms with Crippen LogP contribution in [-0.2, 0) is 11.8 Å². The molecule has 3 aromatic rings. The Balaban J connectivity index is 1.59. The molecule has 0 saturated carbocycles. The van der Waals surface area contributed by atoms with E-state index < -0.39 is 0 Å². The van der Waals surface area contributed by atoms with Gasteiger partial charge in [0.2, 0.25) is 5.91 Å². The number of carbonyl (C=O) groups excluding carboxylic acids is 2. The summed E-state index contributed by atoms with van der Waals surface area (Å²) in [6.45, 7) is 5.82. The van der Waals surface area contributed by atoms with Gasteiger partial charge >= 0.3 is 0 Å². The number of rotatable bonds is 7. The first-order valence-electron chi connectivity index (χ1n) is 9.71. The SMILES string of the molecule is Cc1cccc(NC(=O)CSc2nnc([C@H](C)NC(=O)c3ccc(Cl)cc3)n2C)c1C. The van der Waals surface area contributed by atoms with Crippen molar-refractivity contribution in [3.63, 3.8) is 0 Å². The van der Waals surface area contributed by atoms with E-state index in [-0.39, 0.29) is 23.6 Å². The summed E-state index contributed by atoms with van der Waals surface area (Å²) in [7, 11) is 1.81. The topological polar surface area (TPSA) is 88.9 Å². The number of benzene rings is 2. The predicted octanol–water partition coefficient (Wildman–Crippen LogP) is 4.31. The van der Waals surface area contributed by atoms with Gasteiger partial charge in [0, 0.05) is 23.3 Å². The minimum absolute atomic E-state index is 0.118. The highest BCUT2D eigenvalue weighted by Gasteiger charge is 2.19. The summed E-state index contributed by atoms with van der Waals surface area (Å²) in [5.74, 6) is 0.451. The average molecular weight is 458 g/mol. The third kappa shape index (κ3) is 5.65. The van der Waals surface area contributed by atoms with Crippen LogP contribution >= 0.6 is 23.4 Å². The molecular formula is C22H24ClN5O2S. The van der Waals surface area contributed by atoms with E-state index in [1.807, 2.05) is 46.0 Å². The number of halogens is 1. The van der Waals surface area contributed by atoms with Crippen LogP contribution in [0.25, 0.3) is 0 Å². The first kappa shape index (κ1) is 22.8. The number of aryl methyl sites for hydroxylation is 1. The normalized spacial score (nSPS) is 11.8. The third-order valence-electron chi connectivity index (χ3n) is 4.92. The van der Waals surface area contributed by atoms with Crippen molar-refractivity contribution in [1.29, 1.82) is 0 Å². The number of aromatic nitrogens is 3. The Hall–Kier alpha value is -2.84. The molecule has 2 amide bonds. The first-order valence-corrected chi connectivity index (χ1v) is 11.1. The van der Waals surface area contributed by atoms with Gasteiger partial charge in [0.1, 0.15) is 0 Å². The second-order valence-corrected chi connectivity index (χ2v) is 8.57. The fraction of sp³-hybridized carbons (Fsp3) is 0.273. The maximum Gasteiger partial charge on any atom is 0.251 e. The molecule has 1 atom stereocenters. The number of amides is 2. The van der Waals surface area contributed by atoms with Crippen molar-refractivity contribution in [3.05, 3.63) is 70.0 Å². The van der Waals surface area contributed by atoms with Gasteiger partial charge in [0.05, 0.1) is 11.8 Å². The molecule has 31 heavy (non-hydrogen) atoms. The summed E-state index contributed by atoms with van der Waals surface area (Å²) in [6.07, 6.45) is 0. The van der Waals surface area contributed by atoms with Crippen LogP contribution < -0.4 is 10.6 Å². The molecule has 2 N–H and O–H groups in total. The number of nitrogens with zero attached hydrogens (tertiary/aromatic N) is 3. The van der Waals surface area contributed by atoms with E-state index in [2.05, 4.69) is 20.8 Å². The largest absolute Gasteiger partial charge is 0.342 e. The minimum atomic E-state index is -0.362. The summed E-state index contributed by atoms with van der Waals surface area (Å²) < 4.78 is 1.78. The molecule has 9 heteroatoms. The summed E-state index contributed by atoms with van der Waals surface area (Å²) >= 11 is 7.16. The van der Waals surface area contributed by atoms with E-state index in [0.717, 1.165) is 16.8 Å². The minimum Gasteiger partial charge on any atom is -0.342 e. The maximum absolute atomic E-state index is 12.4. The zero-order valence-corrected chi connectivity index (χ0v) is 19.3. The molecule has 162 valence electrons. The molecule has 0 aliphatic heterocycles. The zero-order valence-electron chi connectivity index (χ0n) is 17.8. The predicted molar refractivity (Wildman–Crippen MR) is 124 cm³/mol. The standard InChI is InChI=1S/C22H24ClN5O2S/c1-13-6-5-7-18(14(13)2)25-19(29)12-31-22-27-26-20(28(22)4)15(3)24-21(30)16-8-10-17(23)11-9-16/h5-11,15H,12H2,1-4H3,(H,24,30)(H,25,29)/t15-/m0/s1. The Morgan fingerprint density at radius 1 is 1.13 bits per heavy atom. The monoisotopic (exact) mass is 457 g/mol. The van der Waals surface area contributed by atoms with Crippen LogP contribution in [0.5, 0.6) is 0 Å². The van der Waals surface area contributed by atoms with Gasteiger partial charge in [-0.25, -0.2) is 0 Å². The summed E-state index contributed by atoms with van der Waals surface area (Å²) in [5.41, 5.74) is 3.49. The van der Waals surface area contributed by atoms with Crippen LogP contribution in [0.15, 0.2) is 47.6 Å². The highest BCUT2D eigenvalue weighted by atomic mass is 35.5. The summed E-state index contributed by atoms with van der Waals surface area (Å²) in [6, 6.07) is 12.1. The Morgan fingerprint density at radius 3 is 2.55 bits per heavy atom. The van der Waals surface area contributed by atoms with Gasteiger partial charge in [-0.3, -0.25) is 9.59 Å². The Kier molecular flexibility index (Phi) is 7.35. The highest BCUT2D eigenvalue weighted by Crippen LogP contribution is 2.22. The summed E-state index contributed by atoms with van der Waals surface area (Å²) in [4.78, 5) is 24.8. The van der Waals surface area contributed by atoms with Crippen molar-refractivity contribution in [2.24, 2.45) is 7.05 Å². The molecule has 0 saturated heterocycles. The van der Waals surface area contributed by atoms with E-state index in [4.69, 9.17) is 11.6 Å². The molecule has 0 unspecified atom stereocenters. The van der Waals surface area contributed by atoms with Crippen molar-refractivity contribution >= 4 is 40.9 Å². The lowest BCUT2D eigenvalue weighted by atomic mass is 10.1. The fourth-order valence-corrected chi connectivity index (χ4v) is 3.82. The highest BCUT2D eigenvalue weighted by molar-refractivity contribution is 7.99. The van der Waals surface area contributed by atoms with E-state index in [0.29, 0.717) is 21.6 Å². The van der Waals surface area contributed by atoms with E-state index in [1.54, 1.807) is 28.8 Å². The molecule has 2 aromatic carbocycles. The van der Waals surface area contributed by atoms with Crippen LogP contribution in [0.4, 0.5) is 5.69 Å². The number of thioether (sulfide) groups is 1. The Morgan fingerprint density at radius 2 is 1.84 bits per heavy atom. The van der Waals surface area contributed by atoms with Gasteiger partial charge in [-0.1, -0.05) is 35.5 Å². The maximum atomic E-state index is 12.4. The van der Waals surface area contributed by atoms with Crippen LogP contribution in [0.1, 0.15) is 40.3 Å². The van der Waals surface area contributed by atoms with Crippen LogP contribution in [-0.4, -0.2) is 32.3 Å². The van der Waals surface area contributed by atoms with Gasteiger partial charge < -0.3 is 15.2 Å². The van der Waals surface area contributed by atoms with Crippen LogP contribution in [0.3, 0.4) is 0 Å². The van der Waals surface area contributed by atoms with E-state index in [9.17, 15) is 9.59 Å². The number of hydrogen-bond acceptors (Lipinski definition) is 5. The molecule has 0 aliphatic carbocycles. The van der Waals surface area contributed by atoms with E-state index >= 15 is 0 Å². The molecular weight excluding hydrogens is 434 g/mol. The lowest BCUT2D eigenvalue weighted by Gasteiger charge is -2.14. The molecule has 3 rings (SSSR count). The lowest BCUT2D eigenvalue weighted by Crippen LogP contribution is -2.28. The van der Waals surface area contributed by atoms with Gasteiger partial charge in [-0.15, -0.1) is 10.2 Å². The lowest BCUT2D eigenvalue weighted by molar-refractivity contribution is -0.113. The average Bonchev–Trinajstić information content (AvgIpc) is 3.11. The Labute approximate surface area is 190 Å². The quantitative estimate of drug-likeness (QED) is 0.516. The number of anilines is 1. The van der Waals surface area contributed by atoms with Crippen molar-refractivity contribution in [2.75, 3.05) is 11.1 Å². The zero-order chi connectivity index (χ0) is 22.5. The third-order valence-corrected chi connectivity index (χ3v) is 6.19. The van der Waals surface area contributed by atoms with Gasteiger partial charge in [-0.2, -0.15) is 0 Å². The molecule has 0 aliphatic rings. The molecule has 0 fully saturated rings. The first-order chi connectivity index (χ1) is 14.8. The van der Waals surface area contributed by atoms with E-state index in [1.165, 1.54) is 11.8 Å². The van der Waals surface area contributed by atoms with Gasteiger partial charge in [0.25, 0.3) is 5.91 Å². The van der Waals surface area contributed by atoms with Crippen molar-refractivity contribution in [1.82, 2.24) is 20.1 Å². The fourth-order valence-electron chi connectivity index (χ4n) is 2.98. The second kappa shape index (κ2) is 9.98. The summed E-state index contributed by atoms with van der Waals surface area (Å²) in [5, 5.41) is 15.4. The smallest absolute Gasteiger partial charge is 0.251 e. The van der Waals surface area contributed by atoms with Crippen LogP contribution in [0, 0.1) is 13.8 Å². The van der Waals surface area contributed by atoms with Gasteiger partial charge in [-0.05, 0) is 62.2 Å². The van der Waals surface area contributed by atoms with Crippen molar-refractivity contribution in [3.8, 4) is 0 Å².